The Labute approximate surface area is 106 Å². The van der Waals surface area contributed by atoms with E-state index < -0.39 is 0 Å². The van der Waals surface area contributed by atoms with Gasteiger partial charge in [-0.05, 0) is 31.1 Å². The molecule has 0 aromatic heterocycles. The fraction of sp³-hybridized carbons (Fsp3) is 1.00. The van der Waals surface area contributed by atoms with E-state index in [1.165, 1.54) is 12.8 Å². The van der Waals surface area contributed by atoms with Gasteiger partial charge in [0.1, 0.15) is 0 Å². The van der Waals surface area contributed by atoms with E-state index in [9.17, 15) is 0 Å². The number of nitrogens with two attached hydrogens (primary N) is 1. The van der Waals surface area contributed by atoms with Crippen molar-refractivity contribution in [2.45, 2.75) is 58.2 Å². The van der Waals surface area contributed by atoms with Crippen LogP contribution in [0.4, 0.5) is 0 Å². The van der Waals surface area contributed by atoms with Crippen LogP contribution < -0.4 is 5.73 Å². The molecule has 0 amide bonds. The largest absolute Gasteiger partial charge is 0.376 e. The minimum Gasteiger partial charge on any atom is -0.376 e. The molecule has 1 aliphatic heterocycles. The van der Waals surface area contributed by atoms with E-state index in [4.69, 9.17) is 10.5 Å². The van der Waals surface area contributed by atoms with E-state index in [1.807, 2.05) is 0 Å². The molecule has 0 aromatic rings. The van der Waals surface area contributed by atoms with Crippen molar-refractivity contribution in [1.29, 1.82) is 0 Å². The van der Waals surface area contributed by atoms with Crippen LogP contribution in [0.25, 0.3) is 0 Å². The second-order valence-corrected chi connectivity index (χ2v) is 6.10. The second-order valence-electron chi connectivity index (χ2n) is 6.10. The smallest absolute Gasteiger partial charge is 0.0700 e. The Morgan fingerprint density at radius 3 is 2.71 bits per heavy atom. The number of rotatable bonds is 2. The molecule has 1 aliphatic carbocycles. The molecule has 1 heterocycles. The highest BCUT2D eigenvalue weighted by atomic mass is 16.5. The van der Waals surface area contributed by atoms with Crippen molar-refractivity contribution in [3.05, 3.63) is 0 Å². The molecular weight excluding hydrogens is 212 g/mol. The van der Waals surface area contributed by atoms with Crippen LogP contribution in [0.2, 0.25) is 0 Å². The van der Waals surface area contributed by atoms with E-state index in [0.717, 1.165) is 38.0 Å². The fourth-order valence-electron chi connectivity index (χ4n) is 3.79. The molecular formula is C14H28N2O. The first kappa shape index (κ1) is 13.3. The zero-order valence-electron chi connectivity index (χ0n) is 11.6. The van der Waals surface area contributed by atoms with Gasteiger partial charge < -0.3 is 10.5 Å². The second kappa shape index (κ2) is 5.68. The summed E-state index contributed by atoms with van der Waals surface area (Å²) < 4.78 is 5.76. The van der Waals surface area contributed by atoms with Gasteiger partial charge >= 0.3 is 0 Å². The van der Waals surface area contributed by atoms with Crippen molar-refractivity contribution < 1.29 is 4.74 Å². The summed E-state index contributed by atoms with van der Waals surface area (Å²) in [4.78, 5) is 2.60. The average Bonchev–Trinajstić information content (AvgIpc) is 2.28. The molecule has 2 N–H and O–H groups in total. The third-order valence-electron chi connectivity index (χ3n) is 4.52. The maximum absolute atomic E-state index is 6.40. The topological polar surface area (TPSA) is 38.5 Å². The maximum atomic E-state index is 6.40. The summed E-state index contributed by atoms with van der Waals surface area (Å²) in [5, 5.41) is 0. The van der Waals surface area contributed by atoms with E-state index >= 15 is 0 Å². The Hall–Kier alpha value is -0.120. The summed E-state index contributed by atoms with van der Waals surface area (Å²) in [6.45, 7) is 9.93. The molecule has 5 atom stereocenters. The summed E-state index contributed by atoms with van der Waals surface area (Å²) in [6.07, 6.45) is 4.04. The highest BCUT2D eigenvalue weighted by molar-refractivity contribution is 4.93. The minimum absolute atomic E-state index is 0.351. The van der Waals surface area contributed by atoms with Crippen molar-refractivity contribution in [3.8, 4) is 0 Å². The van der Waals surface area contributed by atoms with E-state index in [-0.39, 0.29) is 0 Å². The zero-order valence-corrected chi connectivity index (χ0v) is 11.6. The van der Waals surface area contributed by atoms with Gasteiger partial charge in [0.25, 0.3) is 0 Å². The normalized spacial score (nSPS) is 44.8. The molecule has 100 valence electrons. The highest BCUT2D eigenvalue weighted by Gasteiger charge is 2.37. The third kappa shape index (κ3) is 3.01. The Balaban J connectivity index is 1.99. The van der Waals surface area contributed by atoms with Crippen LogP contribution in [0.3, 0.4) is 0 Å². The van der Waals surface area contributed by atoms with Crippen LogP contribution in [-0.4, -0.2) is 42.8 Å². The summed E-state index contributed by atoms with van der Waals surface area (Å²) >= 11 is 0. The maximum Gasteiger partial charge on any atom is 0.0700 e. The molecule has 3 heteroatoms. The molecule has 2 fully saturated rings. The van der Waals surface area contributed by atoms with Crippen molar-refractivity contribution >= 4 is 0 Å². The summed E-state index contributed by atoms with van der Waals surface area (Å²) in [6, 6.07) is 0.925. The fourth-order valence-corrected chi connectivity index (χ4v) is 3.79. The van der Waals surface area contributed by atoms with Crippen LogP contribution in [-0.2, 0) is 4.74 Å². The molecule has 0 radical (unpaired) electrons. The number of morpholine rings is 1. The lowest BCUT2D eigenvalue weighted by Crippen LogP contribution is -2.58. The number of nitrogens with zero attached hydrogens (tertiary/aromatic N) is 1. The van der Waals surface area contributed by atoms with Gasteiger partial charge in [-0.1, -0.05) is 20.8 Å². The van der Waals surface area contributed by atoms with Crippen molar-refractivity contribution in [2.75, 3.05) is 19.7 Å². The van der Waals surface area contributed by atoms with Gasteiger partial charge in [0, 0.05) is 25.2 Å². The predicted molar refractivity (Wildman–Crippen MR) is 70.9 cm³/mol. The molecule has 1 saturated heterocycles. The molecule has 5 unspecified atom stereocenters. The first-order valence-electron chi connectivity index (χ1n) is 7.23. The monoisotopic (exact) mass is 240 g/mol. The summed E-state index contributed by atoms with van der Waals surface area (Å²) in [5.41, 5.74) is 6.40. The average molecular weight is 240 g/mol. The van der Waals surface area contributed by atoms with Crippen molar-refractivity contribution in [1.82, 2.24) is 4.90 Å². The lowest BCUT2D eigenvalue weighted by Gasteiger charge is -2.47. The van der Waals surface area contributed by atoms with E-state index in [2.05, 4.69) is 25.7 Å². The quantitative estimate of drug-likeness (QED) is 0.800. The summed E-state index contributed by atoms with van der Waals surface area (Å²) in [5.74, 6) is 1.52. The van der Waals surface area contributed by atoms with Gasteiger partial charge in [0.15, 0.2) is 0 Å². The Morgan fingerprint density at radius 2 is 2.06 bits per heavy atom. The molecule has 2 rings (SSSR count). The first-order chi connectivity index (χ1) is 8.11. The zero-order chi connectivity index (χ0) is 12.4. The highest BCUT2D eigenvalue weighted by Crippen LogP contribution is 2.32. The van der Waals surface area contributed by atoms with Crippen LogP contribution in [0.1, 0.15) is 40.0 Å². The van der Waals surface area contributed by atoms with Crippen LogP contribution in [0.5, 0.6) is 0 Å². The van der Waals surface area contributed by atoms with Gasteiger partial charge in [-0.25, -0.2) is 0 Å². The molecule has 2 aliphatic rings. The number of ether oxygens (including phenoxy) is 1. The molecule has 1 saturated carbocycles. The molecule has 17 heavy (non-hydrogen) atoms. The van der Waals surface area contributed by atoms with Gasteiger partial charge in [0.05, 0.1) is 12.7 Å². The van der Waals surface area contributed by atoms with Crippen LogP contribution >= 0.6 is 0 Å². The van der Waals surface area contributed by atoms with Gasteiger partial charge in [0.2, 0.25) is 0 Å². The van der Waals surface area contributed by atoms with Gasteiger partial charge in [-0.2, -0.15) is 0 Å². The molecule has 0 spiro atoms. The third-order valence-corrected chi connectivity index (χ3v) is 4.52. The van der Waals surface area contributed by atoms with Crippen molar-refractivity contribution in [3.63, 3.8) is 0 Å². The van der Waals surface area contributed by atoms with Crippen LogP contribution in [0, 0.1) is 11.8 Å². The number of hydrogen-bond donors (Lipinski definition) is 1. The van der Waals surface area contributed by atoms with Gasteiger partial charge in [-0.15, -0.1) is 0 Å². The Bertz CT molecular complexity index is 234. The Kier molecular flexibility index (Phi) is 4.45. The first-order valence-corrected chi connectivity index (χ1v) is 7.23. The molecule has 0 bridgehead atoms. The molecule has 3 nitrogen and oxygen atoms in total. The van der Waals surface area contributed by atoms with Crippen LogP contribution in [0.15, 0.2) is 0 Å². The SMILES string of the molecule is CCC1CN(C2C(C)CC(C)CC2N)CCO1. The minimum atomic E-state index is 0.351. The van der Waals surface area contributed by atoms with E-state index in [1.54, 1.807) is 0 Å². The predicted octanol–water partition coefficient (Wildman–Crippen LogP) is 1.86. The Morgan fingerprint density at radius 1 is 1.29 bits per heavy atom. The van der Waals surface area contributed by atoms with Crippen molar-refractivity contribution in [2.24, 2.45) is 17.6 Å². The lowest BCUT2D eigenvalue weighted by atomic mass is 9.76. The summed E-state index contributed by atoms with van der Waals surface area (Å²) in [7, 11) is 0. The van der Waals surface area contributed by atoms with Gasteiger partial charge in [-0.3, -0.25) is 4.90 Å². The van der Waals surface area contributed by atoms with E-state index in [0.29, 0.717) is 18.2 Å². The standard InChI is InChI=1S/C14H28N2O/c1-4-12-9-16(5-6-17-12)14-11(3)7-10(2)8-13(14)15/h10-14H,4-9,15H2,1-3H3. The molecule has 0 aromatic carbocycles. The number of hydrogen-bond acceptors (Lipinski definition) is 3. The lowest BCUT2D eigenvalue weighted by molar-refractivity contribution is -0.0637.